The number of rotatable bonds is 2. The maximum atomic E-state index is 13.5. The van der Waals surface area contributed by atoms with Crippen LogP contribution in [0.1, 0.15) is 60.8 Å². The van der Waals surface area contributed by atoms with Gasteiger partial charge in [0.25, 0.3) is 0 Å². The number of hydrogen-bond acceptors (Lipinski definition) is 4. The van der Waals surface area contributed by atoms with E-state index in [-0.39, 0.29) is 5.78 Å². The number of aromatic amines is 1. The van der Waals surface area contributed by atoms with Gasteiger partial charge in [-0.3, -0.25) is 9.59 Å². The van der Waals surface area contributed by atoms with Gasteiger partial charge in [0.15, 0.2) is 5.78 Å². The van der Waals surface area contributed by atoms with Crippen LogP contribution >= 0.6 is 0 Å². The molecule has 0 bridgehead atoms. The molecule has 2 heterocycles. The molecular formula is C25H25N3O2. The number of ketones is 2. The second-order valence-electron chi connectivity index (χ2n) is 8.61. The van der Waals surface area contributed by atoms with Crippen molar-refractivity contribution in [1.82, 2.24) is 4.98 Å². The van der Waals surface area contributed by atoms with Gasteiger partial charge in [0.1, 0.15) is 5.78 Å². The number of hydrogen-bond donors (Lipinski definition) is 1. The Kier molecular flexibility index (Phi) is 4.74. The van der Waals surface area contributed by atoms with Crippen molar-refractivity contribution in [1.29, 1.82) is 5.26 Å². The van der Waals surface area contributed by atoms with Gasteiger partial charge < -0.3 is 9.88 Å². The first-order chi connectivity index (χ1) is 14.2. The average molecular weight is 399 g/mol. The summed E-state index contributed by atoms with van der Waals surface area (Å²) < 4.78 is 0. The van der Waals surface area contributed by atoms with Crippen LogP contribution in [0.2, 0.25) is 0 Å². The highest BCUT2D eigenvalue weighted by Crippen LogP contribution is 2.40. The standard InChI is InChI=1S/C25H25N3O2/c1-15(14-26)5-7-19-16(2)27-24-22(19)23(30)20-8-6-17(13-21(20)25(24,3)4)28-11-9-18(29)10-12-28/h5-8,13,27H,2,9-12H2,1,3-4H3/b15-5+,19-7+. The van der Waals surface area contributed by atoms with Gasteiger partial charge in [0.05, 0.1) is 11.6 Å². The summed E-state index contributed by atoms with van der Waals surface area (Å²) >= 11 is 0. The zero-order chi connectivity index (χ0) is 21.6. The molecule has 30 heavy (non-hydrogen) atoms. The number of piperidine rings is 1. The van der Waals surface area contributed by atoms with E-state index in [2.05, 4.69) is 42.4 Å². The molecule has 1 aromatic heterocycles. The molecule has 0 unspecified atom stereocenters. The summed E-state index contributed by atoms with van der Waals surface area (Å²) in [5, 5.41) is 10.4. The minimum absolute atomic E-state index is 0.0277. The number of anilines is 1. The van der Waals surface area contributed by atoms with E-state index in [9.17, 15) is 9.59 Å². The lowest BCUT2D eigenvalue weighted by atomic mass is 9.71. The van der Waals surface area contributed by atoms with Crippen LogP contribution in [0.25, 0.3) is 12.7 Å². The Morgan fingerprint density at radius 3 is 2.63 bits per heavy atom. The summed E-state index contributed by atoms with van der Waals surface area (Å²) in [5.74, 6) is 0.281. The molecule has 2 aromatic rings. The van der Waals surface area contributed by atoms with Gasteiger partial charge in [0.2, 0.25) is 0 Å². The Labute approximate surface area is 176 Å². The third kappa shape index (κ3) is 3.09. The van der Waals surface area contributed by atoms with Crippen LogP contribution in [-0.2, 0) is 10.2 Å². The minimum Gasteiger partial charge on any atom is -0.371 e. The molecule has 0 atom stereocenters. The largest absolute Gasteiger partial charge is 0.371 e. The number of benzene rings is 1. The first-order valence-corrected chi connectivity index (χ1v) is 10.2. The number of nitrogens with zero attached hydrogens (tertiary/aromatic N) is 2. The average Bonchev–Trinajstić information content (AvgIpc) is 3.08. The Morgan fingerprint density at radius 1 is 1.27 bits per heavy atom. The fourth-order valence-electron chi connectivity index (χ4n) is 4.43. The predicted molar refractivity (Wildman–Crippen MR) is 118 cm³/mol. The normalized spacial score (nSPS) is 18.8. The first-order valence-electron chi connectivity index (χ1n) is 10.2. The topological polar surface area (TPSA) is 77.0 Å². The second kappa shape index (κ2) is 7.14. The van der Waals surface area contributed by atoms with E-state index in [1.54, 1.807) is 19.1 Å². The van der Waals surface area contributed by atoms with Crippen LogP contribution < -0.4 is 15.5 Å². The van der Waals surface area contributed by atoms with Gasteiger partial charge in [-0.05, 0) is 36.8 Å². The molecule has 5 nitrogen and oxygen atoms in total. The van der Waals surface area contributed by atoms with E-state index < -0.39 is 5.41 Å². The molecule has 0 saturated carbocycles. The molecule has 152 valence electrons. The van der Waals surface area contributed by atoms with Crippen molar-refractivity contribution in [3.05, 3.63) is 62.8 Å². The number of nitrogens with one attached hydrogen (secondary N) is 1. The smallest absolute Gasteiger partial charge is 0.195 e. The lowest BCUT2D eigenvalue weighted by Crippen LogP contribution is -2.36. The highest BCUT2D eigenvalue weighted by molar-refractivity contribution is 6.13. The number of Topliss-reactive ketones (excluding diaryl/α,β-unsaturated/α-hetero) is 1. The number of allylic oxidation sites excluding steroid dienone is 2. The van der Waals surface area contributed by atoms with Crippen molar-refractivity contribution >= 4 is 29.9 Å². The fraction of sp³-hybridized carbons (Fsp3) is 0.320. The Bertz CT molecular complexity index is 1240. The van der Waals surface area contributed by atoms with Crippen molar-refractivity contribution < 1.29 is 9.59 Å². The molecule has 0 amide bonds. The molecule has 1 aromatic carbocycles. The fourth-order valence-corrected chi connectivity index (χ4v) is 4.43. The minimum atomic E-state index is -0.410. The summed E-state index contributed by atoms with van der Waals surface area (Å²) in [6, 6.07) is 8.08. The van der Waals surface area contributed by atoms with E-state index in [1.807, 2.05) is 12.1 Å². The Morgan fingerprint density at radius 2 is 1.97 bits per heavy atom. The molecule has 1 N–H and O–H groups in total. The van der Waals surface area contributed by atoms with E-state index in [0.29, 0.717) is 53.8 Å². The van der Waals surface area contributed by atoms with Gasteiger partial charge in [-0.15, -0.1) is 0 Å². The van der Waals surface area contributed by atoms with E-state index in [0.717, 1.165) is 22.2 Å². The van der Waals surface area contributed by atoms with Crippen LogP contribution in [0.5, 0.6) is 0 Å². The molecule has 1 aliphatic heterocycles. The molecule has 1 aliphatic carbocycles. The number of carbonyl (C=O) groups is 2. The zero-order valence-corrected chi connectivity index (χ0v) is 17.6. The van der Waals surface area contributed by atoms with E-state index >= 15 is 0 Å². The maximum Gasteiger partial charge on any atom is 0.195 e. The molecular weight excluding hydrogens is 374 g/mol. The monoisotopic (exact) mass is 399 g/mol. The highest BCUT2D eigenvalue weighted by atomic mass is 16.1. The van der Waals surface area contributed by atoms with Crippen molar-refractivity contribution in [2.75, 3.05) is 18.0 Å². The maximum absolute atomic E-state index is 13.5. The Hall–Kier alpha value is -3.39. The van der Waals surface area contributed by atoms with Crippen LogP contribution in [0, 0.1) is 11.3 Å². The van der Waals surface area contributed by atoms with Gasteiger partial charge in [-0.25, -0.2) is 0 Å². The highest BCUT2D eigenvalue weighted by Gasteiger charge is 2.39. The summed E-state index contributed by atoms with van der Waals surface area (Å²) in [5.41, 5.74) is 4.36. The third-order valence-electron chi connectivity index (χ3n) is 6.26. The lowest BCUT2D eigenvalue weighted by Gasteiger charge is -2.34. The van der Waals surface area contributed by atoms with Crippen molar-refractivity contribution in [3.63, 3.8) is 0 Å². The summed E-state index contributed by atoms with van der Waals surface area (Å²) in [4.78, 5) is 30.6. The number of aromatic nitrogens is 1. The summed E-state index contributed by atoms with van der Waals surface area (Å²) in [6.07, 6.45) is 4.66. The molecule has 0 spiro atoms. The van der Waals surface area contributed by atoms with E-state index in [4.69, 9.17) is 5.26 Å². The quantitative estimate of drug-likeness (QED) is 0.788. The molecule has 4 rings (SSSR count). The molecule has 1 fully saturated rings. The van der Waals surface area contributed by atoms with Gasteiger partial charge in [0, 0.05) is 64.4 Å². The molecule has 2 aliphatic rings. The van der Waals surface area contributed by atoms with Gasteiger partial charge in [-0.2, -0.15) is 5.26 Å². The van der Waals surface area contributed by atoms with Crippen LogP contribution in [0.4, 0.5) is 5.69 Å². The Balaban J connectivity index is 1.85. The number of fused-ring (bicyclic) bond motifs is 2. The first kappa shape index (κ1) is 19.9. The van der Waals surface area contributed by atoms with Gasteiger partial charge in [-0.1, -0.05) is 26.5 Å². The number of nitriles is 1. The van der Waals surface area contributed by atoms with Crippen molar-refractivity contribution in [2.45, 2.75) is 39.0 Å². The zero-order valence-electron chi connectivity index (χ0n) is 17.6. The molecule has 1 saturated heterocycles. The van der Waals surface area contributed by atoms with E-state index in [1.165, 1.54) is 0 Å². The summed E-state index contributed by atoms with van der Waals surface area (Å²) in [7, 11) is 0. The lowest BCUT2D eigenvalue weighted by molar-refractivity contribution is -0.119. The summed E-state index contributed by atoms with van der Waals surface area (Å²) in [6.45, 7) is 11.5. The number of H-pyrrole nitrogens is 1. The predicted octanol–water partition coefficient (Wildman–Crippen LogP) is 2.71. The molecule has 5 heteroatoms. The van der Waals surface area contributed by atoms with Crippen molar-refractivity contribution in [2.24, 2.45) is 0 Å². The SMILES string of the molecule is C=c1[nH]c2c(/c1=C/C=C(\C)C#N)C(=O)c1ccc(N3CCC(=O)CC3)cc1C2(C)C. The number of carbonyl (C=O) groups excluding carboxylic acids is 2. The third-order valence-corrected chi connectivity index (χ3v) is 6.26. The van der Waals surface area contributed by atoms with Crippen LogP contribution in [0.3, 0.4) is 0 Å². The second-order valence-corrected chi connectivity index (χ2v) is 8.61. The van der Waals surface area contributed by atoms with Crippen molar-refractivity contribution in [3.8, 4) is 6.07 Å². The van der Waals surface area contributed by atoms with Gasteiger partial charge >= 0.3 is 0 Å². The molecule has 0 radical (unpaired) electrons. The van der Waals surface area contributed by atoms with Crippen LogP contribution in [0.15, 0.2) is 29.8 Å². The van der Waals surface area contributed by atoms with Crippen LogP contribution in [-0.4, -0.2) is 29.6 Å².